The fourth-order valence-corrected chi connectivity index (χ4v) is 3.34. The molecule has 0 aliphatic heterocycles. The number of nitrogens with zero attached hydrogens (tertiary/aromatic N) is 2. The van der Waals surface area contributed by atoms with Gasteiger partial charge < -0.3 is 10.1 Å². The van der Waals surface area contributed by atoms with Crippen LogP contribution in [-0.2, 0) is 16.1 Å². The van der Waals surface area contributed by atoms with Gasteiger partial charge in [0.1, 0.15) is 10.7 Å². The second-order valence-electron chi connectivity index (χ2n) is 7.27. The molecule has 0 saturated heterocycles. The van der Waals surface area contributed by atoms with Gasteiger partial charge in [0.25, 0.3) is 5.91 Å². The summed E-state index contributed by atoms with van der Waals surface area (Å²) in [6.45, 7) is 7.60. The van der Waals surface area contributed by atoms with Gasteiger partial charge in [-0.1, -0.05) is 53.6 Å². The first-order valence-electron chi connectivity index (χ1n) is 9.58. The third-order valence-electron chi connectivity index (χ3n) is 4.94. The van der Waals surface area contributed by atoms with E-state index in [-0.39, 0.29) is 10.7 Å². The summed E-state index contributed by atoms with van der Waals surface area (Å²) >= 11 is 6.39. The Morgan fingerprint density at radius 3 is 2.47 bits per heavy atom. The Morgan fingerprint density at radius 1 is 1.07 bits per heavy atom. The topological polar surface area (TPSA) is 73.2 Å². The lowest BCUT2D eigenvalue weighted by Gasteiger charge is -2.10. The number of esters is 1. The van der Waals surface area contributed by atoms with Crippen molar-refractivity contribution in [1.29, 1.82) is 0 Å². The SMILES string of the molecule is Cc1ccc(Cn2nc(C)c(C(=O)OCC(=O)Nc3cccc(C)c3C)c2Cl)cc1. The van der Waals surface area contributed by atoms with Gasteiger partial charge in [-0.05, 0) is 50.5 Å². The molecule has 1 aromatic heterocycles. The summed E-state index contributed by atoms with van der Waals surface area (Å²) < 4.78 is 6.73. The highest BCUT2D eigenvalue weighted by Gasteiger charge is 2.22. The van der Waals surface area contributed by atoms with Crippen molar-refractivity contribution >= 4 is 29.2 Å². The van der Waals surface area contributed by atoms with Crippen LogP contribution < -0.4 is 5.32 Å². The normalized spacial score (nSPS) is 10.7. The van der Waals surface area contributed by atoms with E-state index in [1.807, 2.05) is 57.2 Å². The molecule has 3 aromatic rings. The first-order valence-corrected chi connectivity index (χ1v) is 9.95. The van der Waals surface area contributed by atoms with Gasteiger partial charge >= 0.3 is 5.97 Å². The average Bonchev–Trinajstić information content (AvgIpc) is 2.98. The minimum absolute atomic E-state index is 0.170. The zero-order valence-corrected chi connectivity index (χ0v) is 18.2. The molecule has 0 aliphatic rings. The van der Waals surface area contributed by atoms with Crippen LogP contribution in [0.2, 0.25) is 5.15 Å². The van der Waals surface area contributed by atoms with Gasteiger partial charge in [0.05, 0.1) is 12.2 Å². The van der Waals surface area contributed by atoms with Crippen molar-refractivity contribution in [2.45, 2.75) is 34.2 Å². The van der Waals surface area contributed by atoms with Crippen LogP contribution >= 0.6 is 11.6 Å². The van der Waals surface area contributed by atoms with Crippen LogP contribution in [0.4, 0.5) is 5.69 Å². The summed E-state index contributed by atoms with van der Waals surface area (Å²) in [5, 5.41) is 7.30. The number of ether oxygens (including phenoxy) is 1. The first kappa shape index (κ1) is 21.6. The molecule has 3 rings (SSSR count). The molecule has 7 heteroatoms. The van der Waals surface area contributed by atoms with Crippen molar-refractivity contribution in [2.75, 3.05) is 11.9 Å². The molecule has 0 aliphatic carbocycles. The van der Waals surface area contributed by atoms with Crippen LogP contribution in [0.25, 0.3) is 0 Å². The summed E-state index contributed by atoms with van der Waals surface area (Å²) in [6.07, 6.45) is 0. The molecule has 0 fully saturated rings. The Morgan fingerprint density at radius 2 is 1.77 bits per heavy atom. The predicted octanol–water partition coefficient (Wildman–Crippen LogP) is 4.61. The molecule has 0 radical (unpaired) electrons. The van der Waals surface area contributed by atoms with Crippen LogP contribution in [-0.4, -0.2) is 28.3 Å². The van der Waals surface area contributed by atoms with E-state index in [9.17, 15) is 9.59 Å². The fourth-order valence-electron chi connectivity index (χ4n) is 3.03. The molecule has 0 saturated carbocycles. The molecule has 1 amide bonds. The maximum atomic E-state index is 12.5. The molecule has 0 unspecified atom stereocenters. The van der Waals surface area contributed by atoms with Crippen LogP contribution in [0.3, 0.4) is 0 Å². The Kier molecular flexibility index (Phi) is 6.57. The van der Waals surface area contributed by atoms with Gasteiger partial charge in [-0.15, -0.1) is 0 Å². The third-order valence-corrected chi connectivity index (χ3v) is 5.32. The number of aryl methyl sites for hydroxylation is 3. The average molecular weight is 426 g/mol. The fraction of sp³-hybridized carbons (Fsp3) is 0.261. The van der Waals surface area contributed by atoms with E-state index in [2.05, 4.69) is 10.4 Å². The largest absolute Gasteiger partial charge is 0.452 e. The van der Waals surface area contributed by atoms with E-state index in [4.69, 9.17) is 16.3 Å². The highest BCUT2D eigenvalue weighted by molar-refractivity contribution is 6.32. The third kappa shape index (κ3) is 4.89. The minimum atomic E-state index is -0.677. The van der Waals surface area contributed by atoms with Gasteiger partial charge in [-0.25, -0.2) is 9.48 Å². The maximum absolute atomic E-state index is 12.5. The number of nitrogens with one attached hydrogen (secondary N) is 1. The lowest BCUT2D eigenvalue weighted by atomic mass is 10.1. The number of hydrogen-bond acceptors (Lipinski definition) is 4. The van der Waals surface area contributed by atoms with E-state index in [0.29, 0.717) is 17.9 Å². The zero-order valence-electron chi connectivity index (χ0n) is 17.5. The Balaban J connectivity index is 1.65. The predicted molar refractivity (Wildman–Crippen MR) is 117 cm³/mol. The van der Waals surface area contributed by atoms with Crippen molar-refractivity contribution < 1.29 is 14.3 Å². The van der Waals surface area contributed by atoms with Gasteiger partial charge in [0.2, 0.25) is 0 Å². The number of amides is 1. The molecule has 0 bridgehead atoms. The lowest BCUT2D eigenvalue weighted by Crippen LogP contribution is -2.21. The Hall–Kier alpha value is -3.12. The van der Waals surface area contributed by atoms with Gasteiger partial charge in [0.15, 0.2) is 6.61 Å². The summed E-state index contributed by atoms with van der Waals surface area (Å²) in [5.74, 6) is -1.10. The molecular formula is C23H24ClN3O3. The molecule has 156 valence electrons. The molecule has 1 heterocycles. The van der Waals surface area contributed by atoms with Gasteiger partial charge in [-0.2, -0.15) is 5.10 Å². The number of rotatable bonds is 6. The van der Waals surface area contributed by atoms with E-state index >= 15 is 0 Å². The molecule has 0 spiro atoms. The van der Waals surface area contributed by atoms with Gasteiger partial charge in [0, 0.05) is 5.69 Å². The van der Waals surface area contributed by atoms with E-state index in [0.717, 1.165) is 22.3 Å². The van der Waals surface area contributed by atoms with Crippen molar-refractivity contribution in [1.82, 2.24) is 9.78 Å². The van der Waals surface area contributed by atoms with Crippen molar-refractivity contribution in [3.8, 4) is 0 Å². The van der Waals surface area contributed by atoms with Crippen molar-refractivity contribution in [3.63, 3.8) is 0 Å². The molecule has 0 atom stereocenters. The second kappa shape index (κ2) is 9.13. The highest BCUT2D eigenvalue weighted by atomic mass is 35.5. The number of benzene rings is 2. The zero-order chi connectivity index (χ0) is 21.8. The van der Waals surface area contributed by atoms with E-state index in [1.54, 1.807) is 17.7 Å². The maximum Gasteiger partial charge on any atom is 0.343 e. The smallest absolute Gasteiger partial charge is 0.343 e. The number of hydrogen-bond donors (Lipinski definition) is 1. The molecule has 2 aromatic carbocycles. The van der Waals surface area contributed by atoms with Crippen LogP contribution in [0.1, 0.15) is 38.3 Å². The Bertz CT molecular complexity index is 1090. The summed E-state index contributed by atoms with van der Waals surface area (Å²) in [5.41, 5.74) is 5.51. The van der Waals surface area contributed by atoms with Crippen LogP contribution in [0, 0.1) is 27.7 Å². The van der Waals surface area contributed by atoms with Crippen LogP contribution in [0.5, 0.6) is 0 Å². The van der Waals surface area contributed by atoms with Crippen molar-refractivity contribution in [2.24, 2.45) is 0 Å². The van der Waals surface area contributed by atoms with E-state index in [1.165, 1.54) is 0 Å². The minimum Gasteiger partial charge on any atom is -0.452 e. The standard InChI is InChI=1S/C23H24ClN3O3/c1-14-8-10-18(11-9-14)12-27-22(24)21(17(4)26-27)23(29)30-13-20(28)25-19-7-5-6-15(2)16(19)3/h5-11H,12-13H2,1-4H3,(H,25,28). The molecule has 30 heavy (non-hydrogen) atoms. The first-order chi connectivity index (χ1) is 14.3. The van der Waals surface area contributed by atoms with Crippen LogP contribution in [0.15, 0.2) is 42.5 Å². The number of halogens is 1. The van der Waals surface area contributed by atoms with E-state index < -0.39 is 18.5 Å². The number of anilines is 1. The molecule has 1 N–H and O–H groups in total. The Labute approximate surface area is 180 Å². The quantitative estimate of drug-likeness (QED) is 0.585. The summed E-state index contributed by atoms with van der Waals surface area (Å²) in [6, 6.07) is 13.6. The lowest BCUT2D eigenvalue weighted by molar-refractivity contribution is -0.119. The van der Waals surface area contributed by atoms with Gasteiger partial charge in [-0.3, -0.25) is 4.79 Å². The molecular weight excluding hydrogens is 402 g/mol. The monoisotopic (exact) mass is 425 g/mol. The summed E-state index contributed by atoms with van der Waals surface area (Å²) in [4.78, 5) is 24.7. The number of carbonyl (C=O) groups is 2. The number of aromatic nitrogens is 2. The summed E-state index contributed by atoms with van der Waals surface area (Å²) in [7, 11) is 0. The second-order valence-corrected chi connectivity index (χ2v) is 7.62. The number of carbonyl (C=O) groups excluding carboxylic acids is 2. The molecule has 6 nitrogen and oxygen atoms in total. The highest BCUT2D eigenvalue weighted by Crippen LogP contribution is 2.22. The van der Waals surface area contributed by atoms with Crippen molar-refractivity contribution in [3.05, 3.63) is 81.1 Å².